The van der Waals surface area contributed by atoms with E-state index < -0.39 is 18.3 Å². The second kappa shape index (κ2) is 8.68. The van der Waals surface area contributed by atoms with Gasteiger partial charge in [0, 0.05) is 18.7 Å². The van der Waals surface area contributed by atoms with Crippen LogP contribution in [0.1, 0.15) is 11.1 Å². The fourth-order valence-electron chi connectivity index (χ4n) is 2.96. The average Bonchev–Trinajstić information content (AvgIpc) is 3.28. The summed E-state index contributed by atoms with van der Waals surface area (Å²) in [5.41, 5.74) is 1.96. The van der Waals surface area contributed by atoms with E-state index in [-0.39, 0.29) is 6.04 Å². The van der Waals surface area contributed by atoms with Crippen molar-refractivity contribution in [1.29, 1.82) is 0 Å². The Hall–Kier alpha value is -2.58. The third-order valence-corrected chi connectivity index (χ3v) is 4.39. The van der Waals surface area contributed by atoms with E-state index in [4.69, 9.17) is 14.0 Å². The van der Waals surface area contributed by atoms with Gasteiger partial charge in [-0.15, -0.1) is 0 Å². The number of amides is 1. The second-order valence-electron chi connectivity index (χ2n) is 6.21. The molecule has 0 bridgehead atoms. The van der Waals surface area contributed by atoms with Crippen LogP contribution in [-0.4, -0.2) is 54.8 Å². The molecule has 1 aliphatic rings. The zero-order valence-electron chi connectivity index (χ0n) is 14.6. The maximum absolute atomic E-state index is 12.0. The largest absolute Gasteiger partial charge is 0.497 e. The van der Waals surface area contributed by atoms with Crippen molar-refractivity contribution in [2.75, 3.05) is 20.2 Å². The number of methoxy groups -OCH3 is 1. The highest BCUT2D eigenvalue weighted by Crippen LogP contribution is 2.19. The summed E-state index contributed by atoms with van der Waals surface area (Å²) in [5.74, 6) is 0.785. The third-order valence-electron chi connectivity index (χ3n) is 4.39. The molecule has 1 aromatic carbocycles. The van der Waals surface area contributed by atoms with E-state index in [0.29, 0.717) is 25.9 Å². The summed E-state index contributed by atoms with van der Waals surface area (Å²) >= 11 is 0. The van der Waals surface area contributed by atoms with Crippen molar-refractivity contribution >= 4 is 6.09 Å². The molecule has 8 heteroatoms. The number of hydrogen-bond donors (Lipinski definition) is 3. The molecule has 1 aliphatic heterocycles. The molecule has 1 saturated heterocycles. The van der Waals surface area contributed by atoms with Gasteiger partial charge in [0.1, 0.15) is 24.2 Å². The molecule has 8 nitrogen and oxygen atoms in total. The molecule has 1 aromatic heterocycles. The lowest BCUT2D eigenvalue weighted by Gasteiger charge is -2.22. The lowest BCUT2D eigenvalue weighted by molar-refractivity contribution is 0.0191. The van der Waals surface area contributed by atoms with Crippen molar-refractivity contribution < 1.29 is 23.9 Å². The van der Waals surface area contributed by atoms with Crippen LogP contribution in [-0.2, 0) is 17.6 Å². The first-order valence-corrected chi connectivity index (χ1v) is 8.53. The molecule has 0 saturated carbocycles. The number of benzene rings is 1. The zero-order valence-corrected chi connectivity index (χ0v) is 14.6. The highest BCUT2D eigenvalue weighted by molar-refractivity contribution is 5.67. The van der Waals surface area contributed by atoms with Gasteiger partial charge in [-0.2, -0.15) is 0 Å². The Kier molecular flexibility index (Phi) is 6.08. The summed E-state index contributed by atoms with van der Waals surface area (Å²) in [6, 6.07) is 7.53. The molecule has 0 spiro atoms. The first-order chi connectivity index (χ1) is 12.7. The van der Waals surface area contributed by atoms with E-state index >= 15 is 0 Å². The molecule has 1 fully saturated rings. The first-order valence-electron chi connectivity index (χ1n) is 8.53. The number of alkyl carbamates (subject to hydrolysis) is 1. The van der Waals surface area contributed by atoms with E-state index in [1.807, 2.05) is 24.3 Å². The maximum atomic E-state index is 12.0. The Morgan fingerprint density at radius 1 is 1.38 bits per heavy atom. The fraction of sp³-hybridized carbons (Fsp3) is 0.444. The van der Waals surface area contributed by atoms with Crippen molar-refractivity contribution in [3.05, 3.63) is 47.9 Å². The van der Waals surface area contributed by atoms with E-state index in [2.05, 4.69) is 15.8 Å². The number of hydrogen-bond acceptors (Lipinski definition) is 7. The average molecular weight is 361 g/mol. The fourth-order valence-corrected chi connectivity index (χ4v) is 2.96. The van der Waals surface area contributed by atoms with E-state index in [9.17, 15) is 9.90 Å². The van der Waals surface area contributed by atoms with Crippen LogP contribution in [0.3, 0.4) is 0 Å². The number of ether oxygens (including phenoxy) is 2. The van der Waals surface area contributed by atoms with Crippen molar-refractivity contribution in [3.8, 4) is 5.75 Å². The molecule has 1 amide bonds. The standard InChI is InChI=1S/C18H23N3O5/c1-24-14-4-2-12(3-5-14)8-15-17(16(22)10-20-15)26-18(23)19-7-6-13-9-21-25-11-13/h2-5,9,11,15-17,20,22H,6-8,10H2,1H3,(H,19,23)/t15-,16+,17+/m1/s1. The summed E-state index contributed by atoms with van der Waals surface area (Å²) in [5, 5.41) is 19.6. The molecular weight excluding hydrogens is 338 g/mol. The SMILES string of the molecule is COc1ccc(C[C@H]2NC[C@H](O)[C@H]2OC(=O)NCCc2cnoc2)cc1. The van der Waals surface area contributed by atoms with Crippen molar-refractivity contribution in [1.82, 2.24) is 15.8 Å². The quantitative estimate of drug-likeness (QED) is 0.673. The lowest BCUT2D eigenvalue weighted by atomic mass is 10.0. The minimum Gasteiger partial charge on any atom is -0.497 e. The number of carbonyl (C=O) groups is 1. The van der Waals surface area contributed by atoms with Crippen LogP contribution in [0.2, 0.25) is 0 Å². The van der Waals surface area contributed by atoms with Gasteiger partial charge in [0.15, 0.2) is 0 Å². The second-order valence-corrected chi connectivity index (χ2v) is 6.21. The van der Waals surface area contributed by atoms with Gasteiger partial charge in [0.2, 0.25) is 0 Å². The van der Waals surface area contributed by atoms with Crippen LogP contribution < -0.4 is 15.4 Å². The van der Waals surface area contributed by atoms with E-state index in [1.54, 1.807) is 13.3 Å². The number of aliphatic hydroxyl groups excluding tert-OH is 1. The Balaban J connectivity index is 1.50. The van der Waals surface area contributed by atoms with Crippen LogP contribution in [0.15, 0.2) is 41.2 Å². The van der Waals surface area contributed by atoms with Crippen LogP contribution in [0.4, 0.5) is 4.79 Å². The predicted octanol–water partition coefficient (Wildman–Crippen LogP) is 0.896. The molecule has 3 N–H and O–H groups in total. The molecular formula is C18H23N3O5. The molecule has 2 heterocycles. The Labute approximate surface area is 151 Å². The molecule has 2 aromatic rings. The number of aromatic nitrogens is 1. The molecule has 140 valence electrons. The number of aliphatic hydroxyl groups is 1. The van der Waals surface area contributed by atoms with Gasteiger partial charge in [-0.3, -0.25) is 0 Å². The topological polar surface area (TPSA) is 106 Å². The van der Waals surface area contributed by atoms with Crippen LogP contribution in [0.5, 0.6) is 5.75 Å². The van der Waals surface area contributed by atoms with Gasteiger partial charge < -0.3 is 29.7 Å². The van der Waals surface area contributed by atoms with Gasteiger partial charge in [0.25, 0.3) is 0 Å². The zero-order chi connectivity index (χ0) is 18.4. The van der Waals surface area contributed by atoms with E-state index in [0.717, 1.165) is 16.9 Å². The van der Waals surface area contributed by atoms with Crippen LogP contribution in [0, 0.1) is 0 Å². The number of carbonyl (C=O) groups excluding carboxylic acids is 1. The Morgan fingerprint density at radius 2 is 2.19 bits per heavy atom. The molecule has 3 rings (SSSR count). The summed E-state index contributed by atoms with van der Waals surface area (Å²) in [6.45, 7) is 0.791. The number of β-amino-alcohol motifs (C(OH)–C–C–N with tert-alkyl or cyclic N) is 1. The highest BCUT2D eigenvalue weighted by atomic mass is 16.6. The smallest absolute Gasteiger partial charge is 0.407 e. The molecule has 3 atom stereocenters. The minimum absolute atomic E-state index is 0.151. The van der Waals surface area contributed by atoms with Crippen molar-refractivity contribution in [2.45, 2.75) is 31.1 Å². The number of rotatable bonds is 7. The Bertz CT molecular complexity index is 689. The normalized spacial score (nSPS) is 22.2. The third kappa shape index (κ3) is 4.74. The Morgan fingerprint density at radius 3 is 2.88 bits per heavy atom. The van der Waals surface area contributed by atoms with Crippen LogP contribution >= 0.6 is 0 Å². The molecule has 0 unspecified atom stereocenters. The van der Waals surface area contributed by atoms with Gasteiger partial charge in [-0.05, 0) is 30.5 Å². The maximum Gasteiger partial charge on any atom is 0.407 e. The van der Waals surface area contributed by atoms with Gasteiger partial charge in [-0.1, -0.05) is 17.3 Å². The molecule has 0 aliphatic carbocycles. The number of nitrogens with one attached hydrogen (secondary N) is 2. The van der Waals surface area contributed by atoms with E-state index in [1.165, 1.54) is 6.26 Å². The lowest BCUT2D eigenvalue weighted by Crippen LogP contribution is -2.41. The van der Waals surface area contributed by atoms with Gasteiger partial charge in [-0.25, -0.2) is 4.79 Å². The summed E-state index contributed by atoms with van der Waals surface area (Å²) in [6.07, 6.45) is 2.48. The number of nitrogens with zero attached hydrogens (tertiary/aromatic N) is 1. The summed E-state index contributed by atoms with van der Waals surface area (Å²) in [7, 11) is 1.62. The highest BCUT2D eigenvalue weighted by Gasteiger charge is 2.37. The van der Waals surface area contributed by atoms with Crippen molar-refractivity contribution in [3.63, 3.8) is 0 Å². The molecule has 0 radical (unpaired) electrons. The van der Waals surface area contributed by atoms with Gasteiger partial charge >= 0.3 is 6.09 Å². The summed E-state index contributed by atoms with van der Waals surface area (Å²) < 4.78 is 15.3. The predicted molar refractivity (Wildman–Crippen MR) is 93.0 cm³/mol. The van der Waals surface area contributed by atoms with Crippen molar-refractivity contribution in [2.24, 2.45) is 0 Å². The monoisotopic (exact) mass is 361 g/mol. The van der Waals surface area contributed by atoms with Gasteiger partial charge in [0.05, 0.1) is 19.3 Å². The molecule has 26 heavy (non-hydrogen) atoms. The minimum atomic E-state index is -0.734. The summed E-state index contributed by atoms with van der Waals surface area (Å²) in [4.78, 5) is 12.0. The first kappa shape index (κ1) is 18.2. The van der Waals surface area contributed by atoms with Crippen LogP contribution in [0.25, 0.3) is 0 Å².